The molecular formula is C19H13ClFNO4S. The smallest absolute Gasteiger partial charge is 0.263 e. The number of nitrogens with one attached hydrogen (secondary N) is 1. The normalized spacial score (nSPS) is 11.8. The molecule has 5 nitrogen and oxygen atoms in total. The van der Waals surface area contributed by atoms with Crippen LogP contribution in [-0.2, 0) is 10.0 Å². The van der Waals surface area contributed by atoms with E-state index in [0.29, 0.717) is 16.9 Å². The standard InChI is InChI=1S/C19H13ClFNO4S/c1-25-18-9-13-12-4-2-3-5-16(12)26-17(13)10-15(18)22-27(23,24)19-7-6-11(21)8-14(19)20/h2-10,22H,1H3. The first-order valence-electron chi connectivity index (χ1n) is 7.86. The summed E-state index contributed by atoms with van der Waals surface area (Å²) in [5.74, 6) is -0.309. The van der Waals surface area contributed by atoms with Crippen LogP contribution in [0.3, 0.4) is 0 Å². The van der Waals surface area contributed by atoms with Gasteiger partial charge in [-0.05, 0) is 30.3 Å². The van der Waals surface area contributed by atoms with Gasteiger partial charge < -0.3 is 9.15 Å². The zero-order chi connectivity index (χ0) is 19.2. The van der Waals surface area contributed by atoms with Gasteiger partial charge in [-0.1, -0.05) is 29.8 Å². The molecule has 0 radical (unpaired) electrons. The van der Waals surface area contributed by atoms with Crippen LogP contribution in [0.5, 0.6) is 5.75 Å². The molecule has 0 saturated heterocycles. The van der Waals surface area contributed by atoms with E-state index in [1.54, 1.807) is 12.1 Å². The summed E-state index contributed by atoms with van der Waals surface area (Å²) in [5.41, 5.74) is 1.36. The number of para-hydroxylation sites is 1. The molecule has 0 aliphatic rings. The quantitative estimate of drug-likeness (QED) is 0.507. The zero-order valence-corrected chi connectivity index (χ0v) is 15.6. The lowest BCUT2D eigenvalue weighted by Crippen LogP contribution is -2.14. The minimum Gasteiger partial charge on any atom is -0.495 e. The zero-order valence-electron chi connectivity index (χ0n) is 14.0. The van der Waals surface area contributed by atoms with Crippen LogP contribution in [-0.4, -0.2) is 15.5 Å². The Bertz CT molecular complexity index is 1280. The molecule has 0 amide bonds. The molecule has 0 bridgehead atoms. The van der Waals surface area contributed by atoms with Gasteiger partial charge in [0.1, 0.15) is 27.6 Å². The molecule has 0 aliphatic heterocycles. The van der Waals surface area contributed by atoms with E-state index in [-0.39, 0.29) is 15.6 Å². The second kappa shape index (κ2) is 6.44. The summed E-state index contributed by atoms with van der Waals surface area (Å²) < 4.78 is 52.2. The Morgan fingerprint density at radius 2 is 1.81 bits per heavy atom. The summed E-state index contributed by atoms with van der Waals surface area (Å²) in [7, 11) is -2.63. The van der Waals surface area contributed by atoms with Crippen molar-refractivity contribution in [2.45, 2.75) is 4.90 Å². The van der Waals surface area contributed by atoms with E-state index in [0.717, 1.165) is 29.0 Å². The molecule has 0 unspecified atom stereocenters. The highest BCUT2D eigenvalue weighted by Crippen LogP contribution is 2.37. The number of sulfonamides is 1. The molecule has 138 valence electrons. The monoisotopic (exact) mass is 405 g/mol. The predicted molar refractivity (Wildman–Crippen MR) is 102 cm³/mol. The molecule has 0 fully saturated rings. The van der Waals surface area contributed by atoms with E-state index < -0.39 is 15.8 Å². The van der Waals surface area contributed by atoms with Crippen molar-refractivity contribution in [3.05, 3.63) is 65.4 Å². The Morgan fingerprint density at radius 3 is 2.56 bits per heavy atom. The SMILES string of the molecule is COc1cc2c(cc1NS(=O)(=O)c1ccc(F)cc1Cl)oc1ccccc12. The van der Waals surface area contributed by atoms with Crippen LogP contribution in [0, 0.1) is 5.82 Å². The lowest BCUT2D eigenvalue weighted by molar-refractivity contribution is 0.417. The molecule has 3 aromatic carbocycles. The maximum Gasteiger partial charge on any atom is 0.263 e. The molecule has 8 heteroatoms. The van der Waals surface area contributed by atoms with Gasteiger partial charge in [0.2, 0.25) is 0 Å². The van der Waals surface area contributed by atoms with Crippen LogP contribution in [0.1, 0.15) is 0 Å². The summed E-state index contributed by atoms with van der Waals surface area (Å²) in [6.07, 6.45) is 0. The van der Waals surface area contributed by atoms with Crippen molar-refractivity contribution in [2.24, 2.45) is 0 Å². The largest absolute Gasteiger partial charge is 0.495 e. The third-order valence-corrected chi connectivity index (χ3v) is 5.98. The topological polar surface area (TPSA) is 68.5 Å². The summed E-state index contributed by atoms with van der Waals surface area (Å²) in [5, 5.41) is 1.47. The van der Waals surface area contributed by atoms with Gasteiger partial charge >= 0.3 is 0 Å². The first-order chi connectivity index (χ1) is 12.9. The lowest BCUT2D eigenvalue weighted by atomic mass is 10.1. The van der Waals surface area contributed by atoms with Crippen molar-refractivity contribution in [1.82, 2.24) is 0 Å². The number of benzene rings is 3. The van der Waals surface area contributed by atoms with E-state index in [1.165, 1.54) is 7.11 Å². The average Bonchev–Trinajstić information content (AvgIpc) is 2.97. The van der Waals surface area contributed by atoms with Crippen LogP contribution in [0.15, 0.2) is 63.9 Å². The first kappa shape index (κ1) is 17.6. The molecule has 0 aliphatic carbocycles. The van der Waals surface area contributed by atoms with Gasteiger partial charge in [0, 0.05) is 16.8 Å². The van der Waals surface area contributed by atoms with Gasteiger partial charge in [0.15, 0.2) is 0 Å². The number of fused-ring (bicyclic) bond motifs is 3. The minimum absolute atomic E-state index is 0.185. The fourth-order valence-corrected chi connectivity index (χ4v) is 4.49. The Kier molecular flexibility index (Phi) is 4.20. The van der Waals surface area contributed by atoms with Crippen molar-refractivity contribution in [3.8, 4) is 5.75 Å². The summed E-state index contributed by atoms with van der Waals surface area (Å²) >= 11 is 5.89. The maximum atomic E-state index is 13.2. The fourth-order valence-electron chi connectivity index (χ4n) is 2.89. The molecular weight excluding hydrogens is 393 g/mol. The fraction of sp³-hybridized carbons (Fsp3) is 0.0526. The predicted octanol–water partition coefficient (Wildman–Crippen LogP) is 5.19. The van der Waals surface area contributed by atoms with Crippen LogP contribution in [0.25, 0.3) is 21.9 Å². The van der Waals surface area contributed by atoms with Crippen LogP contribution in [0.2, 0.25) is 5.02 Å². The van der Waals surface area contributed by atoms with Gasteiger partial charge in [-0.25, -0.2) is 12.8 Å². The number of rotatable bonds is 4. The van der Waals surface area contributed by atoms with Crippen molar-refractivity contribution >= 4 is 49.3 Å². The molecule has 0 spiro atoms. The molecule has 1 N–H and O–H groups in total. The summed E-state index contributed by atoms with van der Waals surface area (Å²) in [6, 6.07) is 13.8. The van der Waals surface area contributed by atoms with E-state index in [9.17, 15) is 12.8 Å². The Balaban J connectivity index is 1.84. The Morgan fingerprint density at radius 1 is 1.04 bits per heavy atom. The van der Waals surface area contributed by atoms with Crippen LogP contribution in [0.4, 0.5) is 10.1 Å². The van der Waals surface area contributed by atoms with E-state index in [1.807, 2.05) is 24.3 Å². The van der Waals surface area contributed by atoms with Gasteiger partial charge in [-0.2, -0.15) is 0 Å². The highest BCUT2D eigenvalue weighted by atomic mass is 35.5. The van der Waals surface area contributed by atoms with E-state index >= 15 is 0 Å². The molecule has 0 atom stereocenters. The molecule has 0 saturated carbocycles. The maximum absolute atomic E-state index is 13.2. The average molecular weight is 406 g/mol. The van der Waals surface area contributed by atoms with Gasteiger partial charge in [0.05, 0.1) is 17.8 Å². The highest BCUT2D eigenvalue weighted by molar-refractivity contribution is 7.92. The minimum atomic E-state index is -4.06. The van der Waals surface area contributed by atoms with Gasteiger partial charge in [-0.3, -0.25) is 4.72 Å². The molecule has 1 aromatic heterocycles. The number of ether oxygens (including phenoxy) is 1. The van der Waals surface area contributed by atoms with Crippen molar-refractivity contribution in [1.29, 1.82) is 0 Å². The Hall–Kier alpha value is -2.77. The number of methoxy groups -OCH3 is 1. The third-order valence-electron chi connectivity index (χ3n) is 4.13. The molecule has 4 rings (SSSR count). The molecule has 27 heavy (non-hydrogen) atoms. The van der Waals surface area contributed by atoms with Gasteiger partial charge in [-0.15, -0.1) is 0 Å². The van der Waals surface area contributed by atoms with Crippen molar-refractivity contribution in [2.75, 3.05) is 11.8 Å². The van der Waals surface area contributed by atoms with Crippen molar-refractivity contribution < 1.29 is 22.0 Å². The van der Waals surface area contributed by atoms with Gasteiger partial charge in [0.25, 0.3) is 10.0 Å². The summed E-state index contributed by atoms with van der Waals surface area (Å²) in [4.78, 5) is -0.239. The molecule has 1 heterocycles. The highest BCUT2D eigenvalue weighted by Gasteiger charge is 2.21. The second-order valence-corrected chi connectivity index (χ2v) is 7.89. The summed E-state index contributed by atoms with van der Waals surface area (Å²) in [6.45, 7) is 0. The number of furan rings is 1. The van der Waals surface area contributed by atoms with Crippen molar-refractivity contribution in [3.63, 3.8) is 0 Å². The van der Waals surface area contributed by atoms with E-state index in [4.69, 9.17) is 20.8 Å². The Labute approximate surface area is 159 Å². The number of hydrogen-bond donors (Lipinski definition) is 1. The third kappa shape index (κ3) is 3.09. The lowest BCUT2D eigenvalue weighted by Gasteiger charge is -2.13. The first-order valence-corrected chi connectivity index (χ1v) is 9.72. The molecule has 4 aromatic rings. The van der Waals surface area contributed by atoms with Crippen LogP contribution >= 0.6 is 11.6 Å². The number of hydrogen-bond acceptors (Lipinski definition) is 4. The second-order valence-electron chi connectivity index (χ2n) is 5.83. The van der Waals surface area contributed by atoms with Crippen LogP contribution < -0.4 is 9.46 Å². The van der Waals surface area contributed by atoms with E-state index in [2.05, 4.69) is 4.72 Å². The number of anilines is 1. The number of halogens is 2.